The van der Waals surface area contributed by atoms with Gasteiger partial charge in [-0.1, -0.05) is 17.7 Å². The molecule has 2 heterocycles. The molecule has 0 aliphatic carbocycles. The van der Waals surface area contributed by atoms with E-state index in [1.54, 1.807) is 32.3 Å². The van der Waals surface area contributed by atoms with Crippen molar-refractivity contribution in [3.05, 3.63) is 58.8 Å². The lowest BCUT2D eigenvalue weighted by atomic mass is 9.94. The zero-order valence-corrected chi connectivity index (χ0v) is 18.6. The van der Waals surface area contributed by atoms with Crippen molar-refractivity contribution in [2.24, 2.45) is 0 Å². The molecule has 1 amide bonds. The number of aromatic hydroxyl groups is 1. The third-order valence-electron chi connectivity index (χ3n) is 5.74. The summed E-state index contributed by atoms with van der Waals surface area (Å²) in [7, 11) is 4.81. The van der Waals surface area contributed by atoms with E-state index in [9.17, 15) is 9.90 Å². The minimum Gasteiger partial charge on any atom is -0.507 e. The van der Waals surface area contributed by atoms with Gasteiger partial charge in [-0.05, 0) is 43.2 Å². The Bertz CT molecular complexity index is 1140. The van der Waals surface area contributed by atoms with E-state index >= 15 is 0 Å². The average Bonchev–Trinajstić information content (AvgIpc) is 3.34. The lowest BCUT2D eigenvalue weighted by Gasteiger charge is -2.27. The lowest BCUT2D eigenvalue weighted by Crippen LogP contribution is -2.31. The first-order chi connectivity index (χ1) is 15.5. The van der Waals surface area contributed by atoms with Crippen molar-refractivity contribution in [2.75, 3.05) is 34.5 Å². The Hall–Kier alpha value is -3.52. The number of phenolic OH excluding ortho intramolecular Hbond substituents is 1. The Morgan fingerprint density at radius 2 is 1.88 bits per heavy atom. The fourth-order valence-corrected chi connectivity index (χ4v) is 4.22. The first kappa shape index (κ1) is 21.7. The molecule has 0 spiro atoms. The fraction of sp³-hybridized carbons (Fsp3) is 0.333. The highest BCUT2D eigenvalue weighted by atomic mass is 16.5. The summed E-state index contributed by atoms with van der Waals surface area (Å²) in [4.78, 5) is 15.1. The minimum absolute atomic E-state index is 0.112. The minimum atomic E-state index is -0.400. The topological polar surface area (TPSA) is 96.9 Å². The van der Waals surface area contributed by atoms with Crippen molar-refractivity contribution in [1.82, 2.24) is 15.1 Å². The normalized spacial score (nSPS) is 15.2. The molecule has 0 saturated carbocycles. The third-order valence-corrected chi connectivity index (χ3v) is 5.74. The number of rotatable bonds is 8. The number of carbonyl (C=O) groups excluding carboxylic acids is 1. The number of phenols is 1. The Labute approximate surface area is 186 Å². The Morgan fingerprint density at radius 1 is 1.09 bits per heavy atom. The maximum atomic E-state index is 13.3. The predicted octanol–water partition coefficient (Wildman–Crippen LogP) is 3.69. The second-order valence-electron chi connectivity index (χ2n) is 7.74. The van der Waals surface area contributed by atoms with Gasteiger partial charge in [0.2, 0.25) is 0 Å². The molecule has 1 aliphatic rings. The average molecular weight is 437 g/mol. The van der Waals surface area contributed by atoms with Crippen LogP contribution in [0.1, 0.15) is 39.6 Å². The second-order valence-corrected chi connectivity index (χ2v) is 7.74. The van der Waals surface area contributed by atoms with Gasteiger partial charge in [0.05, 0.1) is 20.3 Å². The highest BCUT2D eigenvalue weighted by Gasteiger charge is 2.42. The second kappa shape index (κ2) is 8.92. The van der Waals surface area contributed by atoms with Gasteiger partial charge in [-0.15, -0.1) is 0 Å². The number of nitrogens with zero attached hydrogens (tertiary/aromatic N) is 2. The molecule has 8 nitrogen and oxygen atoms in total. The van der Waals surface area contributed by atoms with Crippen LogP contribution in [0.25, 0.3) is 11.3 Å². The number of methoxy groups -OCH3 is 3. The van der Waals surface area contributed by atoms with E-state index in [0.29, 0.717) is 48.0 Å². The molecular weight excluding hydrogens is 410 g/mol. The van der Waals surface area contributed by atoms with Crippen LogP contribution < -0.4 is 9.47 Å². The number of ether oxygens (including phenoxy) is 3. The quantitative estimate of drug-likeness (QED) is 0.522. The van der Waals surface area contributed by atoms with Crippen LogP contribution in [0.2, 0.25) is 0 Å². The van der Waals surface area contributed by atoms with E-state index in [1.807, 2.05) is 37.3 Å². The van der Waals surface area contributed by atoms with Crippen LogP contribution >= 0.6 is 0 Å². The first-order valence-corrected chi connectivity index (χ1v) is 10.4. The molecule has 0 fully saturated rings. The fourth-order valence-electron chi connectivity index (χ4n) is 4.22. The molecule has 1 atom stereocenters. The van der Waals surface area contributed by atoms with Crippen LogP contribution in [-0.4, -0.2) is 60.6 Å². The summed E-state index contributed by atoms with van der Waals surface area (Å²) in [6.07, 6.45) is 0.689. The van der Waals surface area contributed by atoms with Gasteiger partial charge in [0.1, 0.15) is 17.1 Å². The molecule has 1 aliphatic heterocycles. The molecule has 0 bridgehead atoms. The molecule has 0 saturated heterocycles. The number of benzene rings is 2. The maximum absolute atomic E-state index is 13.3. The van der Waals surface area contributed by atoms with Crippen molar-refractivity contribution < 1.29 is 24.1 Å². The summed E-state index contributed by atoms with van der Waals surface area (Å²) < 4.78 is 16.1. The van der Waals surface area contributed by atoms with Gasteiger partial charge < -0.3 is 24.2 Å². The smallest absolute Gasteiger partial charge is 0.273 e. The van der Waals surface area contributed by atoms with Gasteiger partial charge in [0, 0.05) is 31.4 Å². The number of aryl methyl sites for hydroxylation is 1. The lowest BCUT2D eigenvalue weighted by molar-refractivity contribution is 0.0723. The zero-order chi connectivity index (χ0) is 22.8. The third kappa shape index (κ3) is 3.67. The molecule has 0 unspecified atom stereocenters. The van der Waals surface area contributed by atoms with Crippen molar-refractivity contribution in [3.63, 3.8) is 0 Å². The summed E-state index contributed by atoms with van der Waals surface area (Å²) in [5.74, 6) is 1.16. The number of aromatic amines is 1. The van der Waals surface area contributed by atoms with Crippen LogP contribution in [-0.2, 0) is 4.74 Å². The van der Waals surface area contributed by atoms with Crippen molar-refractivity contribution >= 4 is 5.91 Å². The van der Waals surface area contributed by atoms with E-state index in [4.69, 9.17) is 14.2 Å². The van der Waals surface area contributed by atoms with Crippen LogP contribution in [0.5, 0.6) is 17.2 Å². The number of aromatic nitrogens is 2. The maximum Gasteiger partial charge on any atom is 0.273 e. The Kier molecular flexibility index (Phi) is 6.05. The first-order valence-electron chi connectivity index (χ1n) is 10.4. The molecule has 8 heteroatoms. The summed E-state index contributed by atoms with van der Waals surface area (Å²) >= 11 is 0. The molecule has 3 aromatic rings. The summed E-state index contributed by atoms with van der Waals surface area (Å²) in [6, 6.07) is 10.6. The number of fused-ring (bicyclic) bond motifs is 1. The highest BCUT2D eigenvalue weighted by molar-refractivity contribution is 6.00. The van der Waals surface area contributed by atoms with Gasteiger partial charge in [0.15, 0.2) is 11.5 Å². The van der Waals surface area contributed by atoms with Crippen LogP contribution in [0.15, 0.2) is 36.4 Å². The predicted molar refractivity (Wildman–Crippen MR) is 119 cm³/mol. The van der Waals surface area contributed by atoms with E-state index in [2.05, 4.69) is 10.2 Å². The number of hydrogen-bond acceptors (Lipinski definition) is 6. The molecule has 168 valence electrons. The number of nitrogens with one attached hydrogen (secondary N) is 1. The molecule has 2 N–H and O–H groups in total. The largest absolute Gasteiger partial charge is 0.507 e. The molecular formula is C24H27N3O5. The summed E-state index contributed by atoms with van der Waals surface area (Å²) in [5, 5.41) is 17.9. The molecule has 0 radical (unpaired) electrons. The molecule has 4 rings (SSSR count). The van der Waals surface area contributed by atoms with Crippen molar-refractivity contribution in [3.8, 4) is 28.5 Å². The molecule has 1 aromatic heterocycles. The van der Waals surface area contributed by atoms with E-state index < -0.39 is 6.04 Å². The van der Waals surface area contributed by atoms with Crippen LogP contribution in [0.4, 0.5) is 0 Å². The van der Waals surface area contributed by atoms with Crippen LogP contribution in [0.3, 0.4) is 0 Å². The molecule has 32 heavy (non-hydrogen) atoms. The molecule has 2 aromatic carbocycles. The van der Waals surface area contributed by atoms with E-state index in [-0.39, 0.29) is 11.7 Å². The zero-order valence-electron chi connectivity index (χ0n) is 18.6. The van der Waals surface area contributed by atoms with Crippen LogP contribution in [0, 0.1) is 6.92 Å². The van der Waals surface area contributed by atoms with Crippen molar-refractivity contribution in [2.45, 2.75) is 19.4 Å². The standard InChI is InChI=1S/C24H27N3O5/c1-14-6-8-17(28)16(12-14)21-20-22(26-25-21)24(29)27(10-5-11-30-2)23(20)15-7-9-18(31-3)19(13-15)32-4/h6-9,12-13,23,28H,5,10-11H2,1-4H3,(H,25,26)/t23-/m0/s1. The van der Waals surface area contributed by atoms with Gasteiger partial charge in [-0.25, -0.2) is 0 Å². The Morgan fingerprint density at radius 3 is 2.59 bits per heavy atom. The number of amides is 1. The van der Waals surface area contributed by atoms with Crippen molar-refractivity contribution in [1.29, 1.82) is 0 Å². The van der Waals surface area contributed by atoms with Gasteiger partial charge in [-0.2, -0.15) is 5.10 Å². The number of hydrogen-bond donors (Lipinski definition) is 2. The Balaban J connectivity index is 1.87. The van der Waals surface area contributed by atoms with Gasteiger partial charge in [0.25, 0.3) is 5.91 Å². The highest BCUT2D eigenvalue weighted by Crippen LogP contribution is 2.46. The van der Waals surface area contributed by atoms with Gasteiger partial charge >= 0.3 is 0 Å². The number of H-pyrrole nitrogens is 1. The SMILES string of the molecule is COCCCN1C(=O)c2[nH]nc(-c3cc(C)ccc3O)c2[C@@H]1c1ccc(OC)c(OC)c1. The van der Waals surface area contributed by atoms with Gasteiger partial charge in [-0.3, -0.25) is 9.89 Å². The number of carbonyl (C=O) groups is 1. The monoisotopic (exact) mass is 437 g/mol. The summed E-state index contributed by atoms with van der Waals surface area (Å²) in [6.45, 7) is 3.00. The summed E-state index contributed by atoms with van der Waals surface area (Å²) in [5.41, 5.74) is 4.15. The van der Waals surface area contributed by atoms with E-state index in [1.165, 1.54) is 0 Å². The van der Waals surface area contributed by atoms with E-state index in [0.717, 1.165) is 16.7 Å².